The van der Waals surface area contributed by atoms with Crippen molar-refractivity contribution in [3.63, 3.8) is 0 Å². The van der Waals surface area contributed by atoms with Crippen LogP contribution in [0.25, 0.3) is 0 Å². The number of hydrogen-bond acceptors (Lipinski definition) is 3. The average molecular weight is 384 g/mol. The van der Waals surface area contributed by atoms with Crippen LogP contribution >= 0.6 is 11.6 Å². The number of nitrogens with one attached hydrogen (secondary N) is 1. The molecule has 0 amide bonds. The van der Waals surface area contributed by atoms with Crippen LogP contribution in [0.1, 0.15) is 24.1 Å². The van der Waals surface area contributed by atoms with Crippen molar-refractivity contribution in [1.29, 1.82) is 0 Å². The molecule has 1 aliphatic rings. The van der Waals surface area contributed by atoms with Crippen molar-refractivity contribution in [1.82, 2.24) is 10.2 Å². The predicted octanol–water partition coefficient (Wildman–Crippen LogP) is 3.92. The van der Waals surface area contributed by atoms with Gasteiger partial charge in [-0.2, -0.15) is 0 Å². The van der Waals surface area contributed by atoms with E-state index in [0.717, 1.165) is 16.8 Å². The first-order valence-electron chi connectivity index (χ1n) is 8.64. The monoisotopic (exact) mass is 383 g/mol. The molecule has 140 valence electrons. The first kappa shape index (κ1) is 19.0. The highest BCUT2D eigenvalue weighted by Crippen LogP contribution is 2.31. The number of halogens is 1. The Labute approximate surface area is 164 Å². The number of methoxy groups -OCH3 is 1. The highest BCUT2D eigenvalue weighted by Gasteiger charge is 2.33. The molecule has 0 bridgehead atoms. The molecule has 1 N–H and O–H groups in total. The molecule has 0 aliphatic carbocycles. The SMILES string of the molecule is COC(=O)C1=C(C)N(C)C(=NCc2ccccc2)NC1c1cccc(Cl)c1. The lowest BCUT2D eigenvalue weighted by Gasteiger charge is -2.36. The number of rotatable bonds is 4. The van der Waals surface area contributed by atoms with Crippen LogP contribution in [-0.4, -0.2) is 31.0 Å². The summed E-state index contributed by atoms with van der Waals surface area (Å²) in [6.45, 7) is 2.43. The van der Waals surface area contributed by atoms with Crippen LogP contribution < -0.4 is 5.32 Å². The lowest BCUT2D eigenvalue weighted by molar-refractivity contribution is -0.136. The van der Waals surface area contributed by atoms with Gasteiger partial charge >= 0.3 is 5.97 Å². The maximum Gasteiger partial charge on any atom is 0.337 e. The van der Waals surface area contributed by atoms with Crippen LogP contribution in [-0.2, 0) is 16.1 Å². The summed E-state index contributed by atoms with van der Waals surface area (Å²) in [6.07, 6.45) is 0. The van der Waals surface area contributed by atoms with E-state index >= 15 is 0 Å². The number of carbonyl (C=O) groups excluding carboxylic acids is 1. The fourth-order valence-electron chi connectivity index (χ4n) is 3.06. The summed E-state index contributed by atoms with van der Waals surface area (Å²) in [6, 6.07) is 17.1. The average Bonchev–Trinajstić information content (AvgIpc) is 2.69. The van der Waals surface area contributed by atoms with Crippen LogP contribution in [0.2, 0.25) is 5.02 Å². The lowest BCUT2D eigenvalue weighted by Crippen LogP contribution is -2.47. The normalized spacial score (nSPS) is 18.4. The molecule has 1 unspecified atom stereocenters. The molecule has 5 nitrogen and oxygen atoms in total. The number of aliphatic imine (C=N–C) groups is 1. The molecule has 3 rings (SSSR count). The quantitative estimate of drug-likeness (QED) is 0.813. The Hall–Kier alpha value is -2.79. The van der Waals surface area contributed by atoms with Gasteiger partial charge < -0.3 is 15.0 Å². The van der Waals surface area contributed by atoms with Crippen molar-refractivity contribution in [2.24, 2.45) is 4.99 Å². The molecular formula is C21H22ClN3O2. The zero-order chi connectivity index (χ0) is 19.4. The molecule has 0 saturated heterocycles. The summed E-state index contributed by atoms with van der Waals surface area (Å²) in [5.74, 6) is 0.313. The first-order chi connectivity index (χ1) is 13.0. The van der Waals surface area contributed by atoms with E-state index in [1.165, 1.54) is 7.11 Å². The molecule has 0 aromatic heterocycles. The van der Waals surface area contributed by atoms with Gasteiger partial charge in [0.05, 0.1) is 25.3 Å². The molecule has 0 radical (unpaired) electrons. The largest absolute Gasteiger partial charge is 0.466 e. The van der Waals surface area contributed by atoms with Crippen molar-refractivity contribution in [3.05, 3.63) is 82.0 Å². The zero-order valence-corrected chi connectivity index (χ0v) is 16.3. The summed E-state index contributed by atoms with van der Waals surface area (Å²) in [7, 11) is 3.26. The molecule has 1 aliphatic heterocycles. The topological polar surface area (TPSA) is 53.9 Å². The third-order valence-corrected chi connectivity index (χ3v) is 4.85. The van der Waals surface area contributed by atoms with Crippen molar-refractivity contribution < 1.29 is 9.53 Å². The molecule has 0 saturated carbocycles. The minimum atomic E-state index is -0.387. The van der Waals surface area contributed by atoms with E-state index in [9.17, 15) is 4.79 Å². The predicted molar refractivity (Wildman–Crippen MR) is 107 cm³/mol. The van der Waals surface area contributed by atoms with E-state index < -0.39 is 0 Å². The Bertz CT molecular complexity index is 893. The van der Waals surface area contributed by atoms with Crippen LogP contribution in [0.15, 0.2) is 70.9 Å². The Morgan fingerprint density at radius 1 is 1.22 bits per heavy atom. The number of carbonyl (C=O) groups is 1. The fraction of sp³-hybridized carbons (Fsp3) is 0.238. The van der Waals surface area contributed by atoms with Gasteiger partial charge in [0.1, 0.15) is 0 Å². The Morgan fingerprint density at radius 2 is 1.96 bits per heavy atom. The van der Waals surface area contributed by atoms with E-state index in [4.69, 9.17) is 21.3 Å². The van der Waals surface area contributed by atoms with Crippen molar-refractivity contribution in [3.8, 4) is 0 Å². The van der Waals surface area contributed by atoms with Crippen LogP contribution in [0, 0.1) is 0 Å². The van der Waals surface area contributed by atoms with E-state index in [-0.39, 0.29) is 12.0 Å². The second-order valence-corrected chi connectivity index (χ2v) is 6.74. The second kappa shape index (κ2) is 8.27. The van der Waals surface area contributed by atoms with Crippen molar-refractivity contribution in [2.75, 3.05) is 14.2 Å². The molecule has 0 fully saturated rings. The number of esters is 1. The lowest BCUT2D eigenvalue weighted by atomic mass is 9.95. The molecular weight excluding hydrogens is 362 g/mol. The van der Waals surface area contributed by atoms with Crippen LogP contribution in [0.5, 0.6) is 0 Å². The molecule has 1 atom stereocenters. The third kappa shape index (κ3) is 4.14. The number of ether oxygens (including phenoxy) is 1. The van der Waals surface area contributed by atoms with Gasteiger partial charge in [-0.05, 0) is 30.2 Å². The van der Waals surface area contributed by atoms with E-state index in [1.54, 1.807) is 6.07 Å². The van der Waals surface area contributed by atoms with Gasteiger partial charge in [0, 0.05) is 17.8 Å². The number of allylic oxidation sites excluding steroid dienone is 1. The fourth-order valence-corrected chi connectivity index (χ4v) is 3.26. The first-order valence-corrected chi connectivity index (χ1v) is 9.02. The van der Waals surface area contributed by atoms with E-state index in [2.05, 4.69) is 5.32 Å². The maximum absolute atomic E-state index is 12.5. The minimum Gasteiger partial charge on any atom is -0.466 e. The van der Waals surface area contributed by atoms with Gasteiger partial charge in [-0.25, -0.2) is 9.79 Å². The third-order valence-electron chi connectivity index (χ3n) is 4.61. The summed E-state index contributed by atoms with van der Waals surface area (Å²) >= 11 is 6.17. The molecule has 1 heterocycles. The van der Waals surface area contributed by atoms with E-state index in [0.29, 0.717) is 23.1 Å². The van der Waals surface area contributed by atoms with Gasteiger partial charge in [0.2, 0.25) is 0 Å². The van der Waals surface area contributed by atoms with Gasteiger partial charge in [-0.15, -0.1) is 0 Å². The molecule has 27 heavy (non-hydrogen) atoms. The summed E-state index contributed by atoms with van der Waals surface area (Å²) in [4.78, 5) is 19.0. The highest BCUT2D eigenvalue weighted by molar-refractivity contribution is 6.30. The Morgan fingerprint density at radius 3 is 2.63 bits per heavy atom. The van der Waals surface area contributed by atoms with E-state index in [1.807, 2.05) is 67.4 Å². The zero-order valence-electron chi connectivity index (χ0n) is 15.6. The van der Waals surface area contributed by atoms with Crippen LogP contribution in [0.4, 0.5) is 0 Å². The number of nitrogens with zero attached hydrogens (tertiary/aromatic N) is 2. The second-order valence-electron chi connectivity index (χ2n) is 6.31. The number of guanidine groups is 1. The molecule has 2 aromatic rings. The van der Waals surface area contributed by atoms with Gasteiger partial charge in [-0.3, -0.25) is 0 Å². The van der Waals surface area contributed by atoms with Crippen molar-refractivity contribution in [2.45, 2.75) is 19.5 Å². The number of hydrogen-bond donors (Lipinski definition) is 1. The van der Waals surface area contributed by atoms with Gasteiger partial charge in [0.25, 0.3) is 0 Å². The van der Waals surface area contributed by atoms with Crippen molar-refractivity contribution >= 4 is 23.5 Å². The summed E-state index contributed by atoms with van der Waals surface area (Å²) in [5.41, 5.74) is 3.32. The summed E-state index contributed by atoms with van der Waals surface area (Å²) in [5, 5.41) is 3.98. The molecule has 2 aromatic carbocycles. The Balaban J connectivity index is 2.00. The summed E-state index contributed by atoms with van der Waals surface area (Å²) < 4.78 is 5.02. The standard InChI is InChI=1S/C21H22ClN3O2/c1-14-18(20(26)27-3)19(16-10-7-11-17(22)12-16)24-21(25(14)2)23-13-15-8-5-4-6-9-15/h4-12,19H,13H2,1-3H3,(H,23,24). The smallest absolute Gasteiger partial charge is 0.337 e. The maximum atomic E-state index is 12.5. The van der Waals surface area contributed by atoms with Crippen LogP contribution in [0.3, 0.4) is 0 Å². The van der Waals surface area contributed by atoms with Gasteiger partial charge in [-0.1, -0.05) is 54.1 Å². The minimum absolute atomic E-state index is 0.376. The Kier molecular flexibility index (Phi) is 5.81. The highest BCUT2D eigenvalue weighted by atomic mass is 35.5. The molecule has 0 spiro atoms. The molecule has 6 heteroatoms. The number of benzene rings is 2. The van der Waals surface area contributed by atoms with Gasteiger partial charge in [0.15, 0.2) is 5.96 Å².